The lowest BCUT2D eigenvalue weighted by atomic mass is 10.1. The van der Waals surface area contributed by atoms with E-state index in [0.717, 1.165) is 18.4 Å². The number of nitrogens with one attached hydrogen (secondary N) is 2. The third-order valence-electron chi connectivity index (χ3n) is 3.78. The molecule has 0 unspecified atom stereocenters. The molecule has 25 heavy (non-hydrogen) atoms. The van der Waals surface area contributed by atoms with E-state index in [0.29, 0.717) is 24.3 Å². The molecule has 4 N–H and O–H groups in total. The molecular formula is C18H22N4O3. The molecule has 1 aromatic carbocycles. The summed E-state index contributed by atoms with van der Waals surface area (Å²) in [4.78, 5) is 34.7. The third kappa shape index (κ3) is 5.49. The van der Waals surface area contributed by atoms with Crippen molar-refractivity contribution in [2.45, 2.75) is 26.3 Å². The Morgan fingerprint density at radius 1 is 1.16 bits per heavy atom. The van der Waals surface area contributed by atoms with Crippen LogP contribution in [0.25, 0.3) is 0 Å². The Hall–Kier alpha value is -3.09. The normalized spacial score (nSPS) is 10.3. The highest BCUT2D eigenvalue weighted by atomic mass is 16.2. The summed E-state index contributed by atoms with van der Waals surface area (Å²) in [6.45, 7) is 2.93. The Morgan fingerprint density at radius 3 is 2.68 bits per heavy atom. The minimum absolute atomic E-state index is 0.0296. The average molecular weight is 342 g/mol. The van der Waals surface area contributed by atoms with E-state index in [1.807, 2.05) is 13.0 Å². The van der Waals surface area contributed by atoms with Crippen LogP contribution in [0.5, 0.6) is 0 Å². The Kier molecular flexibility index (Phi) is 6.33. The van der Waals surface area contributed by atoms with Gasteiger partial charge in [-0.25, -0.2) is 4.79 Å². The molecule has 3 amide bonds. The summed E-state index contributed by atoms with van der Waals surface area (Å²) >= 11 is 0. The first-order chi connectivity index (χ1) is 12.0. The molecule has 7 heteroatoms. The molecule has 0 spiro atoms. The predicted molar refractivity (Wildman–Crippen MR) is 96.7 cm³/mol. The topological polar surface area (TPSA) is 106 Å². The maximum absolute atomic E-state index is 11.9. The first-order valence-corrected chi connectivity index (χ1v) is 8.08. The number of carbonyl (C=O) groups is 2. The number of nitrogens with zero attached hydrogens (tertiary/aromatic N) is 1. The number of pyridine rings is 1. The molecule has 0 aliphatic rings. The highest BCUT2D eigenvalue weighted by Gasteiger charge is 2.07. The largest absolute Gasteiger partial charge is 0.366 e. The van der Waals surface area contributed by atoms with Crippen LogP contribution < -0.4 is 21.9 Å². The first-order valence-electron chi connectivity index (χ1n) is 8.08. The van der Waals surface area contributed by atoms with Crippen molar-refractivity contribution >= 4 is 17.6 Å². The Morgan fingerprint density at radius 2 is 1.96 bits per heavy atom. The predicted octanol–water partition coefficient (Wildman–Crippen LogP) is 1.86. The fourth-order valence-electron chi connectivity index (χ4n) is 2.33. The highest BCUT2D eigenvalue weighted by Crippen LogP contribution is 2.16. The number of carbonyl (C=O) groups excluding carboxylic acids is 2. The summed E-state index contributed by atoms with van der Waals surface area (Å²) in [5.41, 5.74) is 6.94. The van der Waals surface area contributed by atoms with Crippen LogP contribution in [0, 0.1) is 6.92 Å². The van der Waals surface area contributed by atoms with Crippen molar-refractivity contribution in [2.75, 3.05) is 11.9 Å². The maximum Gasteiger partial charge on any atom is 0.319 e. The fraction of sp³-hybridized carbons (Fsp3) is 0.278. The zero-order valence-corrected chi connectivity index (χ0v) is 14.1. The van der Waals surface area contributed by atoms with E-state index < -0.39 is 5.91 Å². The Labute approximate surface area is 145 Å². The molecular weight excluding hydrogens is 320 g/mol. The molecule has 0 radical (unpaired) electrons. The number of primary amides is 1. The van der Waals surface area contributed by atoms with Crippen LogP contribution in [0.2, 0.25) is 0 Å². The van der Waals surface area contributed by atoms with Gasteiger partial charge in [0.05, 0.1) is 0 Å². The number of benzene rings is 1. The van der Waals surface area contributed by atoms with Gasteiger partial charge in [0.25, 0.3) is 0 Å². The molecule has 1 heterocycles. The zero-order valence-electron chi connectivity index (χ0n) is 14.1. The summed E-state index contributed by atoms with van der Waals surface area (Å²) < 4.78 is 1.64. The number of aryl methyl sites for hydroxylation is 2. The van der Waals surface area contributed by atoms with Crippen molar-refractivity contribution in [3.8, 4) is 0 Å². The molecule has 0 aliphatic carbocycles. The SMILES string of the molecule is Cc1ccc(C(N)=O)cc1NC(=O)NCCCCn1ccccc1=O. The number of urea groups is 1. The van der Waals surface area contributed by atoms with Gasteiger partial charge in [-0.15, -0.1) is 0 Å². The van der Waals surface area contributed by atoms with Gasteiger partial charge in [0.1, 0.15) is 0 Å². The van der Waals surface area contributed by atoms with Crippen LogP contribution in [0.4, 0.5) is 10.5 Å². The lowest BCUT2D eigenvalue weighted by Crippen LogP contribution is -2.30. The molecule has 2 aromatic rings. The third-order valence-corrected chi connectivity index (χ3v) is 3.78. The van der Waals surface area contributed by atoms with Gasteiger partial charge in [0.2, 0.25) is 11.5 Å². The number of unbranched alkanes of at least 4 members (excludes halogenated alkanes) is 1. The van der Waals surface area contributed by atoms with Crippen LogP contribution in [0.3, 0.4) is 0 Å². The summed E-state index contributed by atoms with van der Waals surface area (Å²) in [5, 5.41) is 5.46. The number of anilines is 1. The lowest BCUT2D eigenvalue weighted by molar-refractivity contribution is 0.100. The van der Waals surface area contributed by atoms with Crippen molar-refractivity contribution in [2.24, 2.45) is 5.73 Å². The van der Waals surface area contributed by atoms with Crippen molar-refractivity contribution in [1.29, 1.82) is 0 Å². The van der Waals surface area contributed by atoms with Gasteiger partial charge in [0, 0.05) is 36.6 Å². The second-order valence-corrected chi connectivity index (χ2v) is 5.71. The van der Waals surface area contributed by atoms with Gasteiger partial charge in [-0.1, -0.05) is 12.1 Å². The Bertz CT molecular complexity index is 814. The van der Waals surface area contributed by atoms with E-state index in [4.69, 9.17) is 5.73 Å². The van der Waals surface area contributed by atoms with Gasteiger partial charge in [-0.2, -0.15) is 0 Å². The van der Waals surface area contributed by atoms with E-state index in [1.165, 1.54) is 6.07 Å². The number of rotatable bonds is 7. The van der Waals surface area contributed by atoms with Crippen molar-refractivity contribution in [3.63, 3.8) is 0 Å². The van der Waals surface area contributed by atoms with Gasteiger partial charge in [0.15, 0.2) is 0 Å². The zero-order chi connectivity index (χ0) is 18.2. The van der Waals surface area contributed by atoms with E-state index in [9.17, 15) is 14.4 Å². The molecule has 7 nitrogen and oxygen atoms in total. The minimum atomic E-state index is -0.542. The van der Waals surface area contributed by atoms with E-state index in [2.05, 4.69) is 10.6 Å². The molecule has 0 aliphatic heterocycles. The molecule has 1 aromatic heterocycles. The summed E-state index contributed by atoms with van der Waals surface area (Å²) in [6.07, 6.45) is 3.27. The highest BCUT2D eigenvalue weighted by molar-refractivity contribution is 5.96. The number of hydrogen-bond acceptors (Lipinski definition) is 3. The second-order valence-electron chi connectivity index (χ2n) is 5.71. The minimum Gasteiger partial charge on any atom is -0.366 e. The summed E-state index contributed by atoms with van der Waals surface area (Å²) in [6, 6.07) is 9.60. The summed E-state index contributed by atoms with van der Waals surface area (Å²) in [5.74, 6) is -0.542. The van der Waals surface area contributed by atoms with E-state index in [-0.39, 0.29) is 11.6 Å². The standard InChI is InChI=1S/C18H22N4O3/c1-13-7-8-14(17(19)24)12-15(13)21-18(25)20-9-3-5-11-22-10-4-2-6-16(22)23/h2,4,6-8,10,12H,3,5,9,11H2,1H3,(H2,19,24)(H2,20,21,25). The molecule has 0 saturated carbocycles. The summed E-state index contributed by atoms with van der Waals surface area (Å²) in [7, 11) is 0. The smallest absolute Gasteiger partial charge is 0.319 e. The van der Waals surface area contributed by atoms with Gasteiger partial charge >= 0.3 is 6.03 Å². The second kappa shape index (κ2) is 8.68. The number of nitrogens with two attached hydrogens (primary N) is 1. The lowest BCUT2D eigenvalue weighted by Gasteiger charge is -2.11. The molecule has 0 fully saturated rings. The van der Waals surface area contributed by atoms with Crippen LogP contribution in [-0.2, 0) is 6.54 Å². The van der Waals surface area contributed by atoms with Gasteiger partial charge in [-0.05, 0) is 43.5 Å². The van der Waals surface area contributed by atoms with Gasteiger partial charge in [-0.3, -0.25) is 9.59 Å². The average Bonchev–Trinajstić information content (AvgIpc) is 2.58. The number of aromatic nitrogens is 1. The molecule has 0 bridgehead atoms. The van der Waals surface area contributed by atoms with Crippen LogP contribution in [0.15, 0.2) is 47.4 Å². The Balaban J connectivity index is 1.76. The molecule has 0 saturated heterocycles. The van der Waals surface area contributed by atoms with Crippen LogP contribution in [0.1, 0.15) is 28.8 Å². The molecule has 132 valence electrons. The van der Waals surface area contributed by atoms with E-state index >= 15 is 0 Å². The van der Waals surface area contributed by atoms with Gasteiger partial charge < -0.3 is 20.9 Å². The monoisotopic (exact) mass is 342 g/mol. The molecule has 2 rings (SSSR count). The fourth-order valence-corrected chi connectivity index (χ4v) is 2.33. The first kappa shape index (κ1) is 18.3. The maximum atomic E-state index is 11.9. The van der Waals surface area contributed by atoms with Crippen molar-refractivity contribution < 1.29 is 9.59 Å². The number of hydrogen-bond donors (Lipinski definition) is 3. The van der Waals surface area contributed by atoms with Crippen molar-refractivity contribution in [1.82, 2.24) is 9.88 Å². The number of amides is 3. The van der Waals surface area contributed by atoms with Crippen LogP contribution in [-0.4, -0.2) is 23.1 Å². The quantitative estimate of drug-likeness (QED) is 0.669. The molecule has 0 atom stereocenters. The van der Waals surface area contributed by atoms with Crippen LogP contribution >= 0.6 is 0 Å². The van der Waals surface area contributed by atoms with E-state index in [1.54, 1.807) is 35.0 Å². The van der Waals surface area contributed by atoms with Crippen molar-refractivity contribution in [3.05, 3.63) is 64.1 Å².